The number of benzene rings is 2. The molecule has 2 heterocycles. The van der Waals surface area contributed by atoms with Gasteiger partial charge >= 0.3 is 0 Å². The topological polar surface area (TPSA) is 71.7 Å². The zero-order valence-electron chi connectivity index (χ0n) is 19.4. The Balaban J connectivity index is 1.40. The fraction of sp³-hybridized carbons (Fsp3) is 0.400. The number of rotatable bonds is 9. The van der Waals surface area contributed by atoms with Crippen LogP contribution < -0.4 is 4.90 Å². The van der Waals surface area contributed by atoms with Gasteiger partial charge in [-0.15, -0.1) is 10.2 Å². The summed E-state index contributed by atoms with van der Waals surface area (Å²) < 4.78 is 11.6. The lowest BCUT2D eigenvalue weighted by Gasteiger charge is -2.25. The van der Waals surface area contributed by atoms with Crippen LogP contribution in [0.2, 0.25) is 0 Å². The second kappa shape index (κ2) is 10.9. The highest BCUT2D eigenvalue weighted by Crippen LogP contribution is 2.25. The summed E-state index contributed by atoms with van der Waals surface area (Å²) in [5, 5.41) is 8.65. The van der Waals surface area contributed by atoms with Crippen LogP contribution in [0.25, 0.3) is 11.5 Å². The summed E-state index contributed by atoms with van der Waals surface area (Å²) in [5.41, 5.74) is 4.23. The molecule has 0 spiro atoms. The van der Waals surface area contributed by atoms with E-state index in [0.29, 0.717) is 24.2 Å². The van der Waals surface area contributed by atoms with Crippen LogP contribution in [0, 0.1) is 6.92 Å². The van der Waals surface area contributed by atoms with E-state index in [2.05, 4.69) is 39.4 Å². The minimum Gasteiger partial charge on any atom is -0.411 e. The highest BCUT2D eigenvalue weighted by atomic mass is 32.2. The van der Waals surface area contributed by atoms with Crippen LogP contribution in [0.1, 0.15) is 24.0 Å². The van der Waals surface area contributed by atoms with Gasteiger partial charge in [0.2, 0.25) is 11.8 Å². The molecule has 1 fully saturated rings. The van der Waals surface area contributed by atoms with Crippen LogP contribution in [-0.4, -0.2) is 60.1 Å². The molecule has 3 aromatic rings. The molecule has 1 saturated heterocycles. The number of carbonyl (C=O) groups excluding carboxylic acids is 1. The molecule has 0 saturated carbocycles. The molecule has 0 unspecified atom stereocenters. The monoisotopic (exact) mass is 466 g/mol. The summed E-state index contributed by atoms with van der Waals surface area (Å²) in [6, 6.07) is 16.2. The Morgan fingerprint density at radius 1 is 1.15 bits per heavy atom. The second-order valence-corrected chi connectivity index (χ2v) is 9.43. The third kappa shape index (κ3) is 6.36. The molecular formula is C25H30N4O3S. The van der Waals surface area contributed by atoms with Gasteiger partial charge in [0.05, 0.1) is 11.9 Å². The summed E-state index contributed by atoms with van der Waals surface area (Å²) in [4.78, 5) is 17.1. The van der Waals surface area contributed by atoms with Crippen molar-refractivity contribution in [2.45, 2.75) is 37.6 Å². The van der Waals surface area contributed by atoms with Gasteiger partial charge in [0.15, 0.2) is 0 Å². The maximum Gasteiger partial charge on any atom is 0.277 e. The van der Waals surface area contributed by atoms with E-state index in [1.54, 1.807) is 0 Å². The van der Waals surface area contributed by atoms with Crippen LogP contribution in [0.4, 0.5) is 5.69 Å². The second-order valence-electron chi connectivity index (χ2n) is 8.50. The average Bonchev–Trinajstić information content (AvgIpc) is 3.50. The maximum absolute atomic E-state index is 13.2. The standard InChI is InChI=1S/C25H30N4O3S/c1-18-6-4-7-20(14-18)24-26-27-25(32-24)33-17-23(30)29(16-22-8-5-13-31-22)15-19-9-11-21(12-10-19)28(2)3/h4,6-7,9-12,14,22H,5,8,13,15-17H2,1-3H3/t22-/m0/s1. The number of ether oxygens (including phenoxy) is 1. The number of carbonyl (C=O) groups is 1. The first-order valence-corrected chi connectivity index (χ1v) is 12.2. The van der Waals surface area contributed by atoms with Gasteiger partial charge in [-0.2, -0.15) is 0 Å². The van der Waals surface area contributed by atoms with Crippen LogP contribution in [0.3, 0.4) is 0 Å². The van der Waals surface area contributed by atoms with Crippen molar-refractivity contribution in [1.82, 2.24) is 15.1 Å². The third-order valence-corrected chi connectivity index (χ3v) is 6.42. The van der Waals surface area contributed by atoms with Gasteiger partial charge in [-0.05, 0) is 49.6 Å². The molecule has 0 aliphatic carbocycles. The first-order valence-electron chi connectivity index (χ1n) is 11.2. The lowest BCUT2D eigenvalue weighted by Crippen LogP contribution is -2.38. The normalized spacial score (nSPS) is 15.5. The molecule has 1 aliphatic rings. The number of hydrogen-bond acceptors (Lipinski definition) is 7. The fourth-order valence-electron chi connectivity index (χ4n) is 3.79. The number of anilines is 1. The van der Waals surface area contributed by atoms with E-state index in [-0.39, 0.29) is 17.8 Å². The quantitative estimate of drug-likeness (QED) is 0.433. The Bertz CT molecular complexity index is 1060. The number of aromatic nitrogens is 2. The predicted octanol–water partition coefficient (Wildman–Crippen LogP) is 4.41. The minimum absolute atomic E-state index is 0.0301. The molecule has 174 valence electrons. The van der Waals surface area contributed by atoms with Crippen LogP contribution in [0.15, 0.2) is 58.2 Å². The van der Waals surface area contributed by atoms with Crippen molar-refractivity contribution in [3.8, 4) is 11.5 Å². The molecule has 2 aromatic carbocycles. The Morgan fingerprint density at radius 2 is 1.97 bits per heavy atom. The average molecular weight is 467 g/mol. The Labute approximate surface area is 199 Å². The molecule has 1 atom stereocenters. The summed E-state index contributed by atoms with van der Waals surface area (Å²) in [7, 11) is 4.03. The molecule has 0 radical (unpaired) electrons. The number of hydrogen-bond donors (Lipinski definition) is 0. The molecule has 0 N–H and O–H groups in total. The number of thioether (sulfide) groups is 1. The Kier molecular flexibility index (Phi) is 7.67. The van der Waals surface area contributed by atoms with E-state index in [0.717, 1.165) is 41.8 Å². The van der Waals surface area contributed by atoms with E-state index in [9.17, 15) is 4.79 Å². The molecule has 4 rings (SSSR count). The molecule has 0 bridgehead atoms. The summed E-state index contributed by atoms with van der Waals surface area (Å²) in [6.07, 6.45) is 2.12. The van der Waals surface area contributed by atoms with Gasteiger partial charge in [-0.1, -0.05) is 41.6 Å². The van der Waals surface area contributed by atoms with Crippen molar-refractivity contribution in [1.29, 1.82) is 0 Å². The van der Waals surface area contributed by atoms with E-state index in [1.165, 1.54) is 11.8 Å². The van der Waals surface area contributed by atoms with Crippen molar-refractivity contribution in [3.63, 3.8) is 0 Å². The van der Waals surface area contributed by atoms with Crippen molar-refractivity contribution in [3.05, 3.63) is 59.7 Å². The number of amides is 1. The smallest absolute Gasteiger partial charge is 0.277 e. The van der Waals surface area contributed by atoms with Crippen molar-refractivity contribution < 1.29 is 13.9 Å². The molecule has 1 aliphatic heterocycles. The zero-order chi connectivity index (χ0) is 23.2. The van der Waals surface area contributed by atoms with Gasteiger partial charge < -0.3 is 19.0 Å². The Morgan fingerprint density at radius 3 is 2.67 bits per heavy atom. The van der Waals surface area contributed by atoms with Crippen LogP contribution in [0.5, 0.6) is 0 Å². The number of nitrogens with zero attached hydrogens (tertiary/aromatic N) is 4. The van der Waals surface area contributed by atoms with Crippen LogP contribution >= 0.6 is 11.8 Å². The zero-order valence-corrected chi connectivity index (χ0v) is 20.2. The van der Waals surface area contributed by atoms with E-state index < -0.39 is 0 Å². The summed E-state index contributed by atoms with van der Waals surface area (Å²) >= 11 is 1.27. The first kappa shape index (κ1) is 23.3. The molecular weight excluding hydrogens is 436 g/mol. The highest BCUT2D eigenvalue weighted by molar-refractivity contribution is 7.99. The maximum atomic E-state index is 13.2. The largest absolute Gasteiger partial charge is 0.411 e. The van der Waals surface area contributed by atoms with Crippen molar-refractivity contribution >= 4 is 23.4 Å². The first-order chi connectivity index (χ1) is 16.0. The molecule has 33 heavy (non-hydrogen) atoms. The highest BCUT2D eigenvalue weighted by Gasteiger charge is 2.23. The van der Waals surface area contributed by atoms with E-state index >= 15 is 0 Å². The Hall–Kier alpha value is -2.84. The SMILES string of the molecule is Cc1cccc(-c2nnc(SCC(=O)N(Cc3ccc(N(C)C)cc3)C[C@@H]3CCCO3)o2)c1. The van der Waals surface area contributed by atoms with Gasteiger partial charge in [-0.3, -0.25) is 4.79 Å². The van der Waals surface area contributed by atoms with Gasteiger partial charge in [0.25, 0.3) is 5.22 Å². The number of aryl methyl sites for hydroxylation is 1. The third-order valence-electron chi connectivity index (χ3n) is 5.62. The van der Waals surface area contributed by atoms with Crippen molar-refractivity contribution in [2.75, 3.05) is 37.9 Å². The molecule has 7 nitrogen and oxygen atoms in total. The fourth-order valence-corrected chi connectivity index (χ4v) is 4.45. The van der Waals surface area contributed by atoms with Gasteiger partial charge in [-0.25, -0.2) is 0 Å². The van der Waals surface area contributed by atoms with Gasteiger partial charge in [0, 0.05) is 45.0 Å². The molecule has 1 aromatic heterocycles. The van der Waals surface area contributed by atoms with Crippen molar-refractivity contribution in [2.24, 2.45) is 0 Å². The van der Waals surface area contributed by atoms with Crippen LogP contribution in [-0.2, 0) is 16.1 Å². The minimum atomic E-state index is 0.0301. The molecule has 8 heteroatoms. The summed E-state index contributed by atoms with van der Waals surface area (Å²) in [6.45, 7) is 3.92. The van der Waals surface area contributed by atoms with E-state index in [1.807, 2.05) is 50.2 Å². The van der Waals surface area contributed by atoms with E-state index in [4.69, 9.17) is 9.15 Å². The lowest BCUT2D eigenvalue weighted by atomic mass is 10.1. The molecule has 1 amide bonds. The lowest BCUT2D eigenvalue weighted by molar-refractivity contribution is -0.130. The summed E-state index contributed by atoms with van der Waals surface area (Å²) in [5.74, 6) is 0.728. The van der Waals surface area contributed by atoms with Gasteiger partial charge in [0.1, 0.15) is 0 Å². The predicted molar refractivity (Wildman–Crippen MR) is 130 cm³/mol.